The van der Waals surface area contributed by atoms with Crippen LogP contribution in [0, 0.1) is 0 Å². The minimum Gasteiger partial charge on any atom is -0.389 e. The lowest BCUT2D eigenvalue weighted by Crippen LogP contribution is -2.37. The van der Waals surface area contributed by atoms with E-state index < -0.39 is 17.4 Å². The van der Waals surface area contributed by atoms with Crippen LogP contribution in [-0.2, 0) is 4.74 Å². The van der Waals surface area contributed by atoms with Crippen molar-refractivity contribution in [2.24, 2.45) is 0 Å². The van der Waals surface area contributed by atoms with E-state index in [-0.39, 0.29) is 19.0 Å². The molecule has 0 fully saturated rings. The van der Waals surface area contributed by atoms with Crippen molar-refractivity contribution >= 4 is 5.82 Å². The van der Waals surface area contributed by atoms with Gasteiger partial charge < -0.3 is 14.7 Å². The van der Waals surface area contributed by atoms with E-state index in [2.05, 4.69) is 10.2 Å². The fourth-order valence-corrected chi connectivity index (χ4v) is 1.25. The van der Waals surface area contributed by atoms with Crippen LogP contribution in [0.4, 0.5) is 5.82 Å². The Kier molecular flexibility index (Phi) is 4.20. The summed E-state index contributed by atoms with van der Waals surface area (Å²) in [5.41, 5.74) is -1.27. The molecule has 8 heteroatoms. The van der Waals surface area contributed by atoms with Gasteiger partial charge in [-0.3, -0.25) is 9.78 Å². The number of nitrogens with one attached hydrogen (secondary N) is 2. The van der Waals surface area contributed by atoms with Gasteiger partial charge in [0.2, 0.25) is 5.82 Å². The first-order valence-corrected chi connectivity index (χ1v) is 4.61. The van der Waals surface area contributed by atoms with E-state index in [1.165, 1.54) is 12.0 Å². The molecule has 16 heavy (non-hydrogen) atoms. The second kappa shape index (κ2) is 5.42. The molecule has 0 aliphatic heterocycles. The molecule has 0 bridgehead atoms. The van der Waals surface area contributed by atoms with Crippen LogP contribution in [0.1, 0.15) is 0 Å². The largest absolute Gasteiger partial charge is 0.389 e. The van der Waals surface area contributed by atoms with Crippen LogP contribution < -0.4 is 16.1 Å². The summed E-state index contributed by atoms with van der Waals surface area (Å²) in [7, 11) is 3.04. The predicted octanol–water partition coefficient (Wildman–Crippen LogP) is -2.10. The minimum absolute atomic E-state index is 0.0368. The fourth-order valence-electron chi connectivity index (χ4n) is 1.25. The maximum Gasteiger partial charge on any atom is 0.342 e. The maximum absolute atomic E-state index is 11.3. The third-order valence-electron chi connectivity index (χ3n) is 1.90. The summed E-state index contributed by atoms with van der Waals surface area (Å²) in [6.07, 6.45) is -0.733. The normalized spacial score (nSPS) is 12.4. The van der Waals surface area contributed by atoms with E-state index in [0.717, 1.165) is 0 Å². The van der Waals surface area contributed by atoms with E-state index in [0.29, 0.717) is 0 Å². The van der Waals surface area contributed by atoms with Crippen molar-refractivity contribution in [1.82, 2.24) is 15.2 Å². The van der Waals surface area contributed by atoms with Crippen LogP contribution in [0.15, 0.2) is 9.59 Å². The van der Waals surface area contributed by atoms with E-state index in [4.69, 9.17) is 4.74 Å². The van der Waals surface area contributed by atoms with Gasteiger partial charge in [0.25, 0.3) is 5.56 Å². The summed E-state index contributed by atoms with van der Waals surface area (Å²) in [4.78, 5) is 25.5. The Labute approximate surface area is 90.9 Å². The number of anilines is 1. The quantitative estimate of drug-likeness (QED) is 0.534. The Balaban J connectivity index is 2.77. The molecule has 1 heterocycles. The van der Waals surface area contributed by atoms with Gasteiger partial charge in [-0.15, -0.1) is 5.10 Å². The minimum atomic E-state index is -0.733. The molecule has 3 N–H and O–H groups in total. The molecule has 8 nitrogen and oxygen atoms in total. The smallest absolute Gasteiger partial charge is 0.342 e. The number of nitrogens with zero attached hydrogens (tertiary/aromatic N) is 2. The first kappa shape index (κ1) is 12.4. The standard InChI is InChI=1S/C8H14N4O4/c1-12(3-5(13)4-16-2)6-7(14)9-8(15)11-10-6/h5,13H,3-4H2,1-2H3,(H2,9,11,14,15). The van der Waals surface area contributed by atoms with E-state index in [9.17, 15) is 14.7 Å². The van der Waals surface area contributed by atoms with Gasteiger partial charge in [-0.2, -0.15) is 0 Å². The number of ether oxygens (including phenoxy) is 1. The number of aromatic amines is 2. The number of hydrogen-bond donors (Lipinski definition) is 3. The van der Waals surface area contributed by atoms with Crippen LogP contribution in [0.5, 0.6) is 0 Å². The topological polar surface area (TPSA) is 111 Å². The highest BCUT2D eigenvalue weighted by atomic mass is 16.5. The van der Waals surface area contributed by atoms with Crippen molar-refractivity contribution in [1.29, 1.82) is 0 Å². The second-order valence-corrected chi connectivity index (χ2v) is 3.32. The van der Waals surface area contributed by atoms with Gasteiger partial charge >= 0.3 is 5.69 Å². The number of methoxy groups -OCH3 is 1. The molecule has 1 aromatic rings. The number of likely N-dealkylation sites (N-methyl/N-ethyl adjacent to an activating group) is 1. The Bertz CT molecular complexity index is 440. The van der Waals surface area contributed by atoms with Crippen molar-refractivity contribution in [2.45, 2.75) is 6.10 Å². The molecular formula is C8H14N4O4. The maximum atomic E-state index is 11.3. The molecule has 90 valence electrons. The zero-order valence-corrected chi connectivity index (χ0v) is 9.06. The number of aromatic nitrogens is 3. The zero-order valence-electron chi connectivity index (χ0n) is 9.06. The van der Waals surface area contributed by atoms with E-state index in [1.54, 1.807) is 7.05 Å². The average Bonchev–Trinajstić information content (AvgIpc) is 2.17. The van der Waals surface area contributed by atoms with Crippen LogP contribution in [0.3, 0.4) is 0 Å². The average molecular weight is 230 g/mol. The first-order valence-electron chi connectivity index (χ1n) is 4.61. The van der Waals surface area contributed by atoms with Crippen LogP contribution >= 0.6 is 0 Å². The molecule has 0 spiro atoms. The van der Waals surface area contributed by atoms with Gasteiger partial charge in [0.05, 0.1) is 12.7 Å². The van der Waals surface area contributed by atoms with Gasteiger partial charge in [-0.25, -0.2) is 9.89 Å². The molecule has 0 aliphatic carbocycles. The van der Waals surface area contributed by atoms with Gasteiger partial charge in [0, 0.05) is 20.7 Å². The number of hydrogen-bond acceptors (Lipinski definition) is 6. The monoisotopic (exact) mass is 230 g/mol. The summed E-state index contributed by atoms with van der Waals surface area (Å²) in [5.74, 6) is 0.0368. The van der Waals surface area contributed by atoms with E-state index in [1.807, 2.05) is 4.98 Å². The van der Waals surface area contributed by atoms with Crippen LogP contribution in [-0.4, -0.2) is 53.7 Å². The van der Waals surface area contributed by atoms with Gasteiger partial charge in [-0.1, -0.05) is 0 Å². The SMILES string of the molecule is COCC(O)CN(C)c1n[nH]c(=O)[nH]c1=O. The summed E-state index contributed by atoms with van der Waals surface area (Å²) >= 11 is 0. The van der Waals surface area contributed by atoms with Crippen molar-refractivity contribution < 1.29 is 9.84 Å². The van der Waals surface area contributed by atoms with Gasteiger partial charge in [-0.05, 0) is 0 Å². The lowest BCUT2D eigenvalue weighted by molar-refractivity contribution is 0.0693. The summed E-state index contributed by atoms with van der Waals surface area (Å²) < 4.78 is 4.75. The highest BCUT2D eigenvalue weighted by Crippen LogP contribution is 1.98. The van der Waals surface area contributed by atoms with E-state index >= 15 is 0 Å². The molecule has 0 radical (unpaired) electrons. The molecule has 0 aromatic carbocycles. The van der Waals surface area contributed by atoms with Gasteiger partial charge in [0.1, 0.15) is 0 Å². The van der Waals surface area contributed by atoms with Crippen molar-refractivity contribution in [2.75, 3.05) is 32.2 Å². The third-order valence-corrected chi connectivity index (χ3v) is 1.90. The predicted molar refractivity (Wildman–Crippen MR) is 56.6 cm³/mol. The molecule has 0 saturated carbocycles. The molecule has 0 saturated heterocycles. The highest BCUT2D eigenvalue weighted by Gasteiger charge is 2.12. The second-order valence-electron chi connectivity index (χ2n) is 3.32. The molecule has 1 atom stereocenters. The Morgan fingerprint density at radius 1 is 1.56 bits per heavy atom. The number of aliphatic hydroxyl groups excluding tert-OH is 1. The summed E-state index contributed by atoms with van der Waals surface area (Å²) in [6.45, 7) is 0.335. The van der Waals surface area contributed by atoms with Gasteiger partial charge in [0.15, 0.2) is 0 Å². The molecule has 1 rings (SSSR count). The lowest BCUT2D eigenvalue weighted by atomic mass is 10.3. The Morgan fingerprint density at radius 3 is 2.81 bits per heavy atom. The lowest BCUT2D eigenvalue weighted by Gasteiger charge is -2.19. The molecule has 1 unspecified atom stereocenters. The number of rotatable bonds is 5. The molecule has 1 aromatic heterocycles. The first-order chi connectivity index (χ1) is 7.54. The Hall–Kier alpha value is -1.67. The Morgan fingerprint density at radius 2 is 2.25 bits per heavy atom. The molecule has 0 amide bonds. The zero-order chi connectivity index (χ0) is 12.1. The summed E-state index contributed by atoms with van der Waals surface area (Å²) in [5, 5.41) is 15.1. The molecular weight excluding hydrogens is 216 g/mol. The fraction of sp³-hybridized carbons (Fsp3) is 0.625. The van der Waals surface area contributed by atoms with Crippen molar-refractivity contribution in [3.05, 3.63) is 20.8 Å². The molecule has 0 aliphatic rings. The van der Waals surface area contributed by atoms with Crippen LogP contribution in [0.25, 0.3) is 0 Å². The van der Waals surface area contributed by atoms with Crippen LogP contribution in [0.2, 0.25) is 0 Å². The highest BCUT2D eigenvalue weighted by molar-refractivity contribution is 5.32. The van der Waals surface area contributed by atoms with Crippen molar-refractivity contribution in [3.63, 3.8) is 0 Å². The van der Waals surface area contributed by atoms with Crippen molar-refractivity contribution in [3.8, 4) is 0 Å². The third kappa shape index (κ3) is 3.17. The number of H-pyrrole nitrogens is 2. The number of aliphatic hydroxyl groups is 1. The summed E-state index contributed by atoms with van der Waals surface area (Å²) in [6, 6.07) is 0.